The van der Waals surface area contributed by atoms with E-state index in [0.717, 1.165) is 31.0 Å². The Morgan fingerprint density at radius 1 is 1.13 bits per heavy atom. The quantitative estimate of drug-likeness (QED) is 0.873. The first-order chi connectivity index (χ1) is 11.2. The number of ether oxygens (including phenoxy) is 2. The van der Waals surface area contributed by atoms with Gasteiger partial charge in [0.2, 0.25) is 0 Å². The molecule has 23 heavy (non-hydrogen) atoms. The van der Waals surface area contributed by atoms with Crippen LogP contribution in [0.5, 0.6) is 0 Å². The van der Waals surface area contributed by atoms with Crippen LogP contribution in [0.15, 0.2) is 24.3 Å². The van der Waals surface area contributed by atoms with E-state index in [4.69, 9.17) is 21.1 Å². The van der Waals surface area contributed by atoms with Crippen molar-refractivity contribution in [2.24, 2.45) is 0 Å². The Labute approximate surface area is 141 Å². The molecule has 1 aromatic carbocycles. The monoisotopic (exact) mass is 338 g/mol. The Morgan fingerprint density at radius 2 is 1.91 bits per heavy atom. The van der Waals surface area contributed by atoms with E-state index in [2.05, 4.69) is 16.3 Å². The van der Waals surface area contributed by atoms with Gasteiger partial charge in [-0.25, -0.2) is 0 Å². The molecule has 4 rings (SSSR count). The highest BCUT2D eigenvalue weighted by molar-refractivity contribution is 6.30. The van der Waals surface area contributed by atoms with Crippen LogP contribution in [-0.4, -0.2) is 61.8 Å². The molecule has 0 radical (unpaired) electrons. The van der Waals surface area contributed by atoms with Crippen molar-refractivity contribution in [2.45, 2.75) is 43.2 Å². The molecule has 2 N–H and O–H groups in total. The molecule has 1 aromatic rings. The van der Waals surface area contributed by atoms with Crippen molar-refractivity contribution in [2.75, 3.05) is 31.2 Å². The number of hydrogen-bond donors (Lipinski definition) is 2. The molecule has 126 valence electrons. The fraction of sp³-hybridized carbons (Fsp3) is 0.647. The van der Waals surface area contributed by atoms with Crippen LogP contribution in [0.2, 0.25) is 5.02 Å². The lowest BCUT2D eigenvalue weighted by molar-refractivity contribution is 0.0176. The van der Waals surface area contributed by atoms with Gasteiger partial charge in [-0.15, -0.1) is 0 Å². The normalized spacial score (nSPS) is 34.8. The molecule has 6 heteroatoms. The minimum atomic E-state index is -0.475. The van der Waals surface area contributed by atoms with E-state index < -0.39 is 6.10 Å². The maximum Gasteiger partial charge on any atom is 0.113 e. The summed E-state index contributed by atoms with van der Waals surface area (Å²) in [5.74, 6) is 0. The maximum atomic E-state index is 9.81. The molecule has 0 saturated carbocycles. The number of benzene rings is 1. The molecule has 4 atom stereocenters. The zero-order valence-electron chi connectivity index (χ0n) is 13.0. The summed E-state index contributed by atoms with van der Waals surface area (Å²) in [7, 11) is 0. The molecule has 0 amide bonds. The Kier molecular flexibility index (Phi) is 4.48. The number of aliphatic hydroxyl groups is 1. The zero-order chi connectivity index (χ0) is 15.8. The molecule has 3 saturated heterocycles. The average Bonchev–Trinajstić information content (AvgIpc) is 3.12. The first kappa shape index (κ1) is 15.7. The fourth-order valence-corrected chi connectivity index (χ4v) is 4.09. The zero-order valence-corrected chi connectivity index (χ0v) is 13.8. The van der Waals surface area contributed by atoms with Crippen molar-refractivity contribution < 1.29 is 14.6 Å². The molecule has 3 aliphatic heterocycles. The summed E-state index contributed by atoms with van der Waals surface area (Å²) in [5.41, 5.74) is 1.20. The molecular weight excluding hydrogens is 316 g/mol. The molecule has 3 fully saturated rings. The molecule has 0 aromatic heterocycles. The van der Waals surface area contributed by atoms with Crippen molar-refractivity contribution in [3.8, 4) is 0 Å². The Bertz CT molecular complexity index is 550. The second-order valence-corrected chi connectivity index (χ2v) is 7.11. The summed E-state index contributed by atoms with van der Waals surface area (Å²) in [6.07, 6.45) is 1.54. The minimum Gasteiger partial charge on any atom is -0.388 e. The number of rotatable bonds is 3. The van der Waals surface area contributed by atoms with E-state index in [1.165, 1.54) is 5.69 Å². The van der Waals surface area contributed by atoms with Crippen molar-refractivity contribution >= 4 is 17.3 Å². The molecule has 3 aliphatic rings. The molecule has 0 bridgehead atoms. The van der Waals surface area contributed by atoms with Gasteiger partial charge >= 0.3 is 0 Å². The van der Waals surface area contributed by atoms with Gasteiger partial charge in [-0.05, 0) is 31.0 Å². The minimum absolute atomic E-state index is 0.00374. The summed E-state index contributed by atoms with van der Waals surface area (Å²) < 4.78 is 11.4. The number of halogens is 1. The second kappa shape index (κ2) is 6.57. The van der Waals surface area contributed by atoms with Crippen LogP contribution in [0.25, 0.3) is 0 Å². The highest BCUT2D eigenvalue weighted by Crippen LogP contribution is 2.28. The predicted octanol–water partition coefficient (Wildman–Crippen LogP) is 1.43. The lowest BCUT2D eigenvalue weighted by Crippen LogP contribution is -2.50. The highest BCUT2D eigenvalue weighted by atomic mass is 35.5. The fourth-order valence-electron chi connectivity index (χ4n) is 3.90. The van der Waals surface area contributed by atoms with E-state index >= 15 is 0 Å². The maximum absolute atomic E-state index is 9.81. The number of nitrogens with zero attached hydrogens (tertiary/aromatic N) is 1. The number of hydrogen-bond acceptors (Lipinski definition) is 5. The lowest BCUT2D eigenvalue weighted by Gasteiger charge is -2.35. The summed E-state index contributed by atoms with van der Waals surface area (Å²) >= 11 is 6.08. The highest BCUT2D eigenvalue weighted by Gasteiger charge is 2.47. The van der Waals surface area contributed by atoms with E-state index in [9.17, 15) is 5.11 Å². The number of piperidine rings is 1. The lowest BCUT2D eigenvalue weighted by atomic mass is 10.0. The Morgan fingerprint density at radius 3 is 2.70 bits per heavy atom. The van der Waals surface area contributed by atoms with Crippen LogP contribution in [0.4, 0.5) is 5.69 Å². The third-order valence-electron chi connectivity index (χ3n) is 5.15. The van der Waals surface area contributed by atoms with E-state index in [0.29, 0.717) is 19.3 Å². The van der Waals surface area contributed by atoms with Crippen molar-refractivity contribution in [1.82, 2.24) is 5.32 Å². The number of nitrogens with one attached hydrogen (secondary N) is 1. The van der Waals surface area contributed by atoms with Gasteiger partial charge in [-0.2, -0.15) is 0 Å². The van der Waals surface area contributed by atoms with Crippen LogP contribution >= 0.6 is 11.6 Å². The average molecular weight is 339 g/mol. The first-order valence-corrected chi connectivity index (χ1v) is 8.76. The summed E-state index contributed by atoms with van der Waals surface area (Å²) in [5, 5.41) is 14.3. The third kappa shape index (κ3) is 3.21. The molecule has 0 spiro atoms. The first-order valence-electron chi connectivity index (χ1n) is 8.38. The van der Waals surface area contributed by atoms with E-state index in [1.807, 2.05) is 18.2 Å². The number of anilines is 1. The van der Waals surface area contributed by atoms with Gasteiger partial charge in [0.1, 0.15) is 18.3 Å². The third-order valence-corrected chi connectivity index (χ3v) is 5.38. The summed E-state index contributed by atoms with van der Waals surface area (Å²) in [4.78, 5) is 2.38. The summed E-state index contributed by atoms with van der Waals surface area (Å²) in [6.45, 7) is 3.05. The van der Waals surface area contributed by atoms with Crippen molar-refractivity contribution in [1.29, 1.82) is 0 Å². The van der Waals surface area contributed by atoms with Crippen molar-refractivity contribution in [3.05, 3.63) is 29.3 Å². The second-order valence-electron chi connectivity index (χ2n) is 6.68. The SMILES string of the molecule is O[C@@H]1CO[C@H]2[C@@H]1OC[C@H]2NC1CCN(c2cccc(Cl)c2)CC1. The molecular formula is C17H23ClN2O3. The van der Waals surface area contributed by atoms with E-state index in [-0.39, 0.29) is 18.2 Å². The van der Waals surface area contributed by atoms with Crippen LogP contribution in [-0.2, 0) is 9.47 Å². The van der Waals surface area contributed by atoms with Gasteiger partial charge in [-0.3, -0.25) is 0 Å². The number of fused-ring (bicyclic) bond motifs is 1. The topological polar surface area (TPSA) is 54.0 Å². The van der Waals surface area contributed by atoms with Gasteiger partial charge in [0.15, 0.2) is 0 Å². The van der Waals surface area contributed by atoms with E-state index in [1.54, 1.807) is 0 Å². The van der Waals surface area contributed by atoms with Crippen molar-refractivity contribution in [3.63, 3.8) is 0 Å². The standard InChI is InChI=1S/C17H23ClN2O3/c18-11-2-1-3-13(8-11)20-6-4-12(5-7-20)19-14-9-22-17-15(21)10-23-16(14)17/h1-3,8,12,14-17,19,21H,4-7,9-10H2/t14-,15-,16-,17-/m1/s1. The van der Waals surface area contributed by atoms with Gasteiger partial charge in [0.25, 0.3) is 0 Å². The van der Waals surface area contributed by atoms with Crippen LogP contribution in [0, 0.1) is 0 Å². The van der Waals surface area contributed by atoms with Gasteiger partial charge in [0.05, 0.1) is 19.3 Å². The number of aliphatic hydroxyl groups excluding tert-OH is 1. The van der Waals surface area contributed by atoms with Crippen LogP contribution in [0.3, 0.4) is 0 Å². The molecule has 5 nitrogen and oxygen atoms in total. The predicted molar refractivity (Wildman–Crippen MR) is 89.1 cm³/mol. The smallest absolute Gasteiger partial charge is 0.113 e. The molecule has 3 heterocycles. The van der Waals surface area contributed by atoms with Crippen LogP contribution in [0.1, 0.15) is 12.8 Å². The molecule has 0 aliphatic carbocycles. The van der Waals surface area contributed by atoms with Gasteiger partial charge in [0, 0.05) is 29.8 Å². The molecule has 0 unspecified atom stereocenters. The Balaban J connectivity index is 1.30. The van der Waals surface area contributed by atoms with Crippen LogP contribution < -0.4 is 10.2 Å². The Hall–Kier alpha value is -0.850. The summed E-state index contributed by atoms with van der Waals surface area (Å²) in [6, 6.07) is 8.72. The van der Waals surface area contributed by atoms with Gasteiger partial charge in [-0.1, -0.05) is 17.7 Å². The largest absolute Gasteiger partial charge is 0.388 e. The van der Waals surface area contributed by atoms with Gasteiger partial charge < -0.3 is 24.8 Å².